The molecule has 0 saturated heterocycles. The summed E-state index contributed by atoms with van der Waals surface area (Å²) in [6, 6.07) is 13.5. The van der Waals surface area contributed by atoms with Crippen LogP contribution >= 0.6 is 31.9 Å². The number of nitriles is 1. The molecule has 102 valence electrons. The molecular weight excluding hydrogens is 384 g/mol. The van der Waals surface area contributed by atoms with Gasteiger partial charge in [-0.1, -0.05) is 6.07 Å². The van der Waals surface area contributed by atoms with Gasteiger partial charge in [0, 0.05) is 12.2 Å². The number of nitrogens with one attached hydrogen (secondary N) is 1. The molecule has 0 saturated carbocycles. The van der Waals surface area contributed by atoms with Crippen molar-refractivity contribution in [2.75, 3.05) is 12.4 Å². The normalized spacial score (nSPS) is 9.90. The van der Waals surface area contributed by atoms with Gasteiger partial charge in [0.1, 0.15) is 5.75 Å². The molecule has 5 heteroatoms. The lowest BCUT2D eigenvalue weighted by molar-refractivity contribution is 0.409. The summed E-state index contributed by atoms with van der Waals surface area (Å²) >= 11 is 6.96. The number of benzene rings is 2. The monoisotopic (exact) mass is 394 g/mol. The summed E-state index contributed by atoms with van der Waals surface area (Å²) in [6.45, 7) is 0.663. The lowest BCUT2D eigenvalue weighted by Crippen LogP contribution is -2.00. The zero-order valence-corrected chi connectivity index (χ0v) is 14.0. The summed E-state index contributed by atoms with van der Waals surface area (Å²) < 4.78 is 7.07. The molecule has 1 N–H and O–H groups in total. The van der Waals surface area contributed by atoms with Gasteiger partial charge in [0.25, 0.3) is 0 Å². The van der Waals surface area contributed by atoms with E-state index in [0.29, 0.717) is 12.1 Å². The van der Waals surface area contributed by atoms with E-state index in [1.807, 2.05) is 30.3 Å². The second kappa shape index (κ2) is 6.78. The second-order valence-corrected chi connectivity index (χ2v) is 5.85. The number of hydrogen-bond acceptors (Lipinski definition) is 3. The third-order valence-corrected chi connectivity index (χ3v) is 3.93. The molecule has 0 atom stereocenters. The van der Waals surface area contributed by atoms with Crippen molar-refractivity contribution in [2.45, 2.75) is 6.54 Å². The third kappa shape index (κ3) is 3.53. The number of nitrogens with zero attached hydrogens (tertiary/aromatic N) is 1. The van der Waals surface area contributed by atoms with Crippen molar-refractivity contribution in [3.8, 4) is 11.8 Å². The molecule has 0 fully saturated rings. The smallest absolute Gasteiger partial charge is 0.147 e. The van der Waals surface area contributed by atoms with Crippen LogP contribution < -0.4 is 10.1 Å². The van der Waals surface area contributed by atoms with Crippen molar-refractivity contribution in [3.63, 3.8) is 0 Å². The predicted octanol–water partition coefficient (Wildman–Crippen LogP) is 4.70. The molecule has 0 bridgehead atoms. The summed E-state index contributed by atoms with van der Waals surface area (Å²) in [5, 5.41) is 12.2. The number of anilines is 1. The molecule has 0 radical (unpaired) electrons. The molecule has 0 spiro atoms. The van der Waals surface area contributed by atoms with Gasteiger partial charge >= 0.3 is 0 Å². The highest BCUT2D eigenvalue weighted by atomic mass is 79.9. The van der Waals surface area contributed by atoms with E-state index >= 15 is 0 Å². The van der Waals surface area contributed by atoms with Gasteiger partial charge in [-0.15, -0.1) is 0 Å². The maximum absolute atomic E-state index is 8.87. The zero-order chi connectivity index (χ0) is 14.5. The zero-order valence-electron chi connectivity index (χ0n) is 10.8. The van der Waals surface area contributed by atoms with Gasteiger partial charge in [-0.05, 0) is 67.8 Å². The first-order valence-electron chi connectivity index (χ1n) is 5.90. The quantitative estimate of drug-likeness (QED) is 0.815. The Labute approximate surface area is 134 Å². The van der Waals surface area contributed by atoms with Gasteiger partial charge in [-0.2, -0.15) is 5.26 Å². The molecule has 0 aliphatic rings. The van der Waals surface area contributed by atoms with Crippen LogP contribution in [0.15, 0.2) is 45.3 Å². The summed E-state index contributed by atoms with van der Waals surface area (Å²) in [5.74, 6) is 0.778. The van der Waals surface area contributed by atoms with E-state index in [9.17, 15) is 0 Å². The van der Waals surface area contributed by atoms with Gasteiger partial charge in [-0.25, -0.2) is 0 Å². The molecule has 2 rings (SSSR count). The summed E-state index contributed by atoms with van der Waals surface area (Å²) in [7, 11) is 1.64. The van der Waals surface area contributed by atoms with Crippen LogP contribution in [0.1, 0.15) is 11.1 Å². The SMILES string of the molecule is COc1c(Br)cc(CNc2cccc(C#N)c2)cc1Br. The van der Waals surface area contributed by atoms with E-state index < -0.39 is 0 Å². The van der Waals surface area contributed by atoms with Crippen LogP contribution in [0.3, 0.4) is 0 Å². The third-order valence-electron chi connectivity index (χ3n) is 2.75. The molecule has 0 unspecified atom stereocenters. The molecule has 3 nitrogen and oxygen atoms in total. The van der Waals surface area contributed by atoms with Gasteiger partial charge in [0.15, 0.2) is 0 Å². The van der Waals surface area contributed by atoms with E-state index in [2.05, 4.69) is 43.2 Å². The molecule has 0 aliphatic carbocycles. The molecule has 20 heavy (non-hydrogen) atoms. The average Bonchev–Trinajstić information content (AvgIpc) is 2.45. The topological polar surface area (TPSA) is 45.0 Å². The molecule has 0 amide bonds. The summed E-state index contributed by atoms with van der Waals surface area (Å²) in [4.78, 5) is 0. The van der Waals surface area contributed by atoms with Gasteiger partial charge in [-0.3, -0.25) is 0 Å². The fraction of sp³-hybridized carbons (Fsp3) is 0.133. The molecule has 2 aromatic rings. The number of halogens is 2. The lowest BCUT2D eigenvalue weighted by atomic mass is 10.2. The van der Waals surface area contributed by atoms with E-state index in [1.54, 1.807) is 13.2 Å². The standard InChI is InChI=1S/C15H12Br2N2O/c1-20-15-13(16)6-11(7-14(15)17)9-19-12-4-2-3-10(5-12)8-18/h2-7,19H,9H2,1H3. The fourth-order valence-electron chi connectivity index (χ4n) is 1.81. The largest absolute Gasteiger partial charge is 0.494 e. The second-order valence-electron chi connectivity index (χ2n) is 4.14. The van der Waals surface area contributed by atoms with Crippen molar-refractivity contribution in [3.05, 3.63) is 56.5 Å². The van der Waals surface area contributed by atoms with Crippen LogP contribution in [-0.4, -0.2) is 7.11 Å². The number of methoxy groups -OCH3 is 1. The van der Waals surface area contributed by atoms with Crippen LogP contribution in [0, 0.1) is 11.3 Å². The Morgan fingerprint density at radius 2 is 1.90 bits per heavy atom. The van der Waals surface area contributed by atoms with Crippen LogP contribution in [0.5, 0.6) is 5.75 Å². The highest BCUT2D eigenvalue weighted by Crippen LogP contribution is 2.34. The summed E-state index contributed by atoms with van der Waals surface area (Å²) in [5.41, 5.74) is 2.67. The van der Waals surface area contributed by atoms with Crippen LogP contribution in [0.25, 0.3) is 0 Å². The maximum Gasteiger partial charge on any atom is 0.147 e. The Bertz CT molecular complexity index is 642. The Kier molecular flexibility index (Phi) is 5.05. The first-order valence-corrected chi connectivity index (χ1v) is 7.48. The molecular formula is C15H12Br2N2O. The van der Waals surface area contributed by atoms with Gasteiger partial charge in [0.2, 0.25) is 0 Å². The Balaban J connectivity index is 2.13. The summed E-state index contributed by atoms with van der Waals surface area (Å²) in [6.07, 6.45) is 0. The van der Waals surface area contributed by atoms with Crippen molar-refractivity contribution in [2.24, 2.45) is 0 Å². The molecule has 0 aliphatic heterocycles. The average molecular weight is 396 g/mol. The van der Waals surface area contributed by atoms with Crippen LogP contribution in [-0.2, 0) is 6.54 Å². The van der Waals surface area contributed by atoms with E-state index in [-0.39, 0.29) is 0 Å². The Morgan fingerprint density at radius 3 is 2.50 bits per heavy atom. The first-order chi connectivity index (χ1) is 9.63. The first kappa shape index (κ1) is 14.9. The highest BCUT2D eigenvalue weighted by molar-refractivity contribution is 9.11. The van der Waals surface area contributed by atoms with Crippen molar-refractivity contribution >= 4 is 37.5 Å². The molecule has 0 aromatic heterocycles. The minimum absolute atomic E-state index is 0.645. The molecule has 2 aromatic carbocycles. The van der Waals surface area contributed by atoms with Crippen molar-refractivity contribution in [1.29, 1.82) is 5.26 Å². The number of hydrogen-bond donors (Lipinski definition) is 1. The van der Waals surface area contributed by atoms with Gasteiger partial charge < -0.3 is 10.1 Å². The van der Waals surface area contributed by atoms with E-state index in [4.69, 9.17) is 10.00 Å². The lowest BCUT2D eigenvalue weighted by Gasteiger charge is -2.11. The van der Waals surface area contributed by atoms with E-state index in [0.717, 1.165) is 25.9 Å². The number of ether oxygens (including phenoxy) is 1. The Hall–Kier alpha value is -1.51. The molecule has 0 heterocycles. The predicted molar refractivity (Wildman–Crippen MR) is 86.9 cm³/mol. The van der Waals surface area contributed by atoms with Crippen LogP contribution in [0.2, 0.25) is 0 Å². The number of rotatable bonds is 4. The highest BCUT2D eigenvalue weighted by Gasteiger charge is 2.07. The minimum atomic E-state index is 0.645. The fourth-order valence-corrected chi connectivity index (χ4v) is 3.42. The van der Waals surface area contributed by atoms with E-state index in [1.165, 1.54) is 0 Å². The maximum atomic E-state index is 8.87. The minimum Gasteiger partial charge on any atom is -0.494 e. The van der Waals surface area contributed by atoms with Crippen LogP contribution in [0.4, 0.5) is 5.69 Å². The van der Waals surface area contributed by atoms with Gasteiger partial charge in [0.05, 0.1) is 27.7 Å². The Morgan fingerprint density at radius 1 is 1.20 bits per heavy atom. The van der Waals surface area contributed by atoms with Crippen molar-refractivity contribution < 1.29 is 4.74 Å². The van der Waals surface area contributed by atoms with Crippen molar-refractivity contribution in [1.82, 2.24) is 0 Å².